The van der Waals surface area contributed by atoms with Crippen LogP contribution in [0.4, 0.5) is 5.69 Å². The molecule has 2 aromatic rings. The van der Waals surface area contributed by atoms with Crippen LogP contribution in [0.25, 0.3) is 0 Å². The van der Waals surface area contributed by atoms with Crippen molar-refractivity contribution in [3.63, 3.8) is 0 Å². The fourth-order valence-electron chi connectivity index (χ4n) is 4.23. The molecule has 1 aliphatic carbocycles. The Morgan fingerprint density at radius 1 is 1.19 bits per heavy atom. The molecule has 140 valence electrons. The number of aromatic nitrogens is 3. The Morgan fingerprint density at radius 3 is 2.81 bits per heavy atom. The first-order chi connectivity index (χ1) is 12.9. The minimum absolute atomic E-state index is 0.254. The number of ether oxygens (including phenoxy) is 1. The van der Waals surface area contributed by atoms with E-state index >= 15 is 0 Å². The van der Waals surface area contributed by atoms with Crippen LogP contribution in [0.15, 0.2) is 30.6 Å². The third kappa shape index (κ3) is 4.24. The van der Waals surface area contributed by atoms with E-state index in [2.05, 4.69) is 49.7 Å². The predicted molar refractivity (Wildman–Crippen MR) is 102 cm³/mol. The topological polar surface area (TPSA) is 66.1 Å². The van der Waals surface area contributed by atoms with Gasteiger partial charge in [0.2, 0.25) is 0 Å². The van der Waals surface area contributed by atoms with Crippen molar-refractivity contribution in [2.75, 3.05) is 31.2 Å². The highest BCUT2D eigenvalue weighted by molar-refractivity contribution is 5.48. The summed E-state index contributed by atoms with van der Waals surface area (Å²) in [6, 6.07) is 9.12. The molecule has 1 saturated heterocycles. The number of H-pyrrole nitrogens is 1. The average molecular weight is 355 g/mol. The normalized spacial score (nSPS) is 20.2. The molecule has 26 heavy (non-hydrogen) atoms. The number of hydrogen-bond donors (Lipinski definition) is 2. The van der Waals surface area contributed by atoms with Gasteiger partial charge in [0, 0.05) is 25.3 Å². The third-order valence-electron chi connectivity index (χ3n) is 5.66. The number of anilines is 1. The van der Waals surface area contributed by atoms with E-state index in [9.17, 15) is 0 Å². The van der Waals surface area contributed by atoms with E-state index in [0.717, 1.165) is 38.7 Å². The molecule has 1 saturated carbocycles. The van der Waals surface area contributed by atoms with E-state index in [1.54, 1.807) is 6.33 Å². The van der Waals surface area contributed by atoms with Crippen molar-refractivity contribution >= 4 is 5.69 Å². The zero-order valence-corrected chi connectivity index (χ0v) is 15.4. The lowest BCUT2D eigenvalue weighted by atomic mass is 9.83. The molecule has 4 rings (SSSR count). The first-order valence-corrected chi connectivity index (χ1v) is 9.90. The first kappa shape index (κ1) is 17.5. The minimum Gasteiger partial charge on any atom is -0.378 e. The van der Waals surface area contributed by atoms with Gasteiger partial charge in [-0.1, -0.05) is 31.4 Å². The molecular formula is C20H29N5O. The van der Waals surface area contributed by atoms with Gasteiger partial charge in [-0.3, -0.25) is 5.10 Å². The quantitative estimate of drug-likeness (QED) is 0.834. The highest BCUT2D eigenvalue weighted by atomic mass is 16.5. The van der Waals surface area contributed by atoms with Crippen LogP contribution in [-0.4, -0.2) is 41.5 Å². The lowest BCUT2D eigenvalue weighted by Crippen LogP contribution is -2.36. The maximum atomic E-state index is 5.47. The Balaban J connectivity index is 1.43. The molecule has 1 aliphatic heterocycles. The van der Waals surface area contributed by atoms with Crippen LogP contribution in [0.5, 0.6) is 0 Å². The smallest absolute Gasteiger partial charge is 0.141 e. The van der Waals surface area contributed by atoms with E-state index < -0.39 is 0 Å². The van der Waals surface area contributed by atoms with Gasteiger partial charge in [0.1, 0.15) is 12.2 Å². The summed E-state index contributed by atoms with van der Waals surface area (Å²) in [6.07, 6.45) is 8.17. The SMILES string of the molecule is c1cc(CNC(c2ncn[nH]2)C2CCCCC2)cc(N2CCOCC2)c1. The number of hydrogen-bond acceptors (Lipinski definition) is 5. The number of benzene rings is 1. The van der Waals surface area contributed by atoms with Crippen LogP contribution < -0.4 is 10.2 Å². The average Bonchev–Trinajstić information content (AvgIpc) is 3.24. The molecule has 6 nitrogen and oxygen atoms in total. The van der Waals surface area contributed by atoms with Gasteiger partial charge in [0.15, 0.2) is 0 Å². The molecule has 0 radical (unpaired) electrons. The largest absolute Gasteiger partial charge is 0.378 e. The van der Waals surface area contributed by atoms with Crippen molar-refractivity contribution in [2.24, 2.45) is 5.92 Å². The van der Waals surface area contributed by atoms with Gasteiger partial charge in [-0.25, -0.2) is 4.98 Å². The van der Waals surface area contributed by atoms with Gasteiger partial charge < -0.3 is 15.0 Å². The van der Waals surface area contributed by atoms with Crippen molar-refractivity contribution in [1.82, 2.24) is 20.5 Å². The predicted octanol–water partition coefficient (Wildman–Crippen LogP) is 3.05. The van der Waals surface area contributed by atoms with Gasteiger partial charge in [-0.05, 0) is 36.5 Å². The van der Waals surface area contributed by atoms with E-state index in [1.807, 2.05) is 0 Å². The third-order valence-corrected chi connectivity index (χ3v) is 5.66. The highest BCUT2D eigenvalue weighted by Gasteiger charge is 2.26. The summed E-state index contributed by atoms with van der Waals surface area (Å²) in [5.74, 6) is 1.61. The molecule has 0 spiro atoms. The molecule has 2 fully saturated rings. The summed E-state index contributed by atoms with van der Waals surface area (Å²) in [5, 5.41) is 10.9. The molecular weight excluding hydrogens is 326 g/mol. The molecule has 6 heteroatoms. The molecule has 2 aliphatic rings. The van der Waals surface area contributed by atoms with Gasteiger partial charge in [0.25, 0.3) is 0 Å². The molecule has 1 unspecified atom stereocenters. The van der Waals surface area contributed by atoms with Crippen molar-refractivity contribution in [3.8, 4) is 0 Å². The second-order valence-corrected chi connectivity index (χ2v) is 7.40. The van der Waals surface area contributed by atoms with Gasteiger partial charge >= 0.3 is 0 Å². The first-order valence-electron chi connectivity index (χ1n) is 9.90. The van der Waals surface area contributed by atoms with Crippen molar-refractivity contribution < 1.29 is 4.74 Å². The zero-order valence-electron chi connectivity index (χ0n) is 15.4. The molecule has 2 heterocycles. The number of aromatic amines is 1. The maximum absolute atomic E-state index is 5.47. The fourth-order valence-corrected chi connectivity index (χ4v) is 4.23. The number of morpholine rings is 1. The summed E-state index contributed by atoms with van der Waals surface area (Å²) in [5.41, 5.74) is 2.61. The number of nitrogens with zero attached hydrogens (tertiary/aromatic N) is 3. The van der Waals surface area contributed by atoms with Crippen molar-refractivity contribution in [1.29, 1.82) is 0 Å². The van der Waals surface area contributed by atoms with Crippen LogP contribution in [0.1, 0.15) is 49.5 Å². The highest BCUT2D eigenvalue weighted by Crippen LogP contribution is 2.33. The monoisotopic (exact) mass is 355 g/mol. The van der Waals surface area contributed by atoms with Crippen LogP contribution in [0, 0.1) is 5.92 Å². The molecule has 2 N–H and O–H groups in total. The van der Waals surface area contributed by atoms with E-state index in [-0.39, 0.29) is 6.04 Å². The lowest BCUT2D eigenvalue weighted by molar-refractivity contribution is 0.122. The van der Waals surface area contributed by atoms with E-state index in [4.69, 9.17) is 4.74 Å². The second-order valence-electron chi connectivity index (χ2n) is 7.40. The van der Waals surface area contributed by atoms with E-state index in [0.29, 0.717) is 5.92 Å². The Kier molecular flexibility index (Phi) is 5.82. The molecule has 1 aromatic carbocycles. The van der Waals surface area contributed by atoms with Crippen molar-refractivity contribution in [3.05, 3.63) is 42.0 Å². The molecule has 0 amide bonds. The van der Waals surface area contributed by atoms with E-state index in [1.165, 1.54) is 43.4 Å². The van der Waals surface area contributed by atoms with Crippen molar-refractivity contribution in [2.45, 2.75) is 44.7 Å². The van der Waals surface area contributed by atoms with Crippen LogP contribution in [-0.2, 0) is 11.3 Å². The Morgan fingerprint density at radius 2 is 2.04 bits per heavy atom. The van der Waals surface area contributed by atoms with Crippen LogP contribution >= 0.6 is 0 Å². The zero-order chi connectivity index (χ0) is 17.6. The second kappa shape index (κ2) is 8.64. The maximum Gasteiger partial charge on any atom is 0.141 e. The summed E-state index contributed by atoms with van der Waals surface area (Å²) >= 11 is 0. The number of rotatable bonds is 6. The molecule has 0 bridgehead atoms. The summed E-state index contributed by atoms with van der Waals surface area (Å²) < 4.78 is 5.47. The summed E-state index contributed by atoms with van der Waals surface area (Å²) in [4.78, 5) is 6.85. The van der Waals surface area contributed by atoms with Gasteiger partial charge in [-0.2, -0.15) is 5.10 Å². The Hall–Kier alpha value is -1.92. The molecule has 1 atom stereocenters. The minimum atomic E-state index is 0.254. The summed E-state index contributed by atoms with van der Waals surface area (Å²) in [6.45, 7) is 4.43. The standard InChI is InChI=1S/C20H29N5O/c1-2-6-17(7-3-1)19(20-22-15-23-24-20)21-14-16-5-4-8-18(13-16)25-9-11-26-12-10-25/h4-5,8,13,15,17,19,21H,1-3,6-7,9-12,14H2,(H,22,23,24). The van der Waals surface area contributed by atoms with Gasteiger partial charge in [-0.15, -0.1) is 0 Å². The van der Waals surface area contributed by atoms with Gasteiger partial charge in [0.05, 0.1) is 19.3 Å². The van der Waals surface area contributed by atoms with Crippen LogP contribution in [0.3, 0.4) is 0 Å². The Labute approximate surface area is 155 Å². The summed E-state index contributed by atoms with van der Waals surface area (Å²) in [7, 11) is 0. The fraction of sp³-hybridized carbons (Fsp3) is 0.600. The lowest BCUT2D eigenvalue weighted by Gasteiger charge is -2.30. The van der Waals surface area contributed by atoms with Crippen LogP contribution in [0.2, 0.25) is 0 Å². The Bertz CT molecular complexity index is 663. The number of nitrogens with one attached hydrogen (secondary N) is 2. The molecule has 1 aromatic heterocycles.